The third-order valence-corrected chi connectivity index (χ3v) is 3.68. The van der Waals surface area contributed by atoms with Crippen LogP contribution in [0, 0.1) is 6.92 Å². The Balaban J connectivity index is 2.29. The van der Waals surface area contributed by atoms with Crippen molar-refractivity contribution in [2.45, 2.75) is 25.8 Å². The van der Waals surface area contributed by atoms with E-state index in [1.807, 2.05) is 24.0 Å². The van der Waals surface area contributed by atoms with Gasteiger partial charge in [0.05, 0.1) is 5.69 Å². The van der Waals surface area contributed by atoms with Crippen molar-refractivity contribution in [3.8, 4) is 0 Å². The average molecular weight is 285 g/mol. The monoisotopic (exact) mass is 284 g/mol. The fraction of sp³-hybridized carbons (Fsp3) is 0.455. The molecule has 1 N–H and O–H groups in total. The van der Waals surface area contributed by atoms with Crippen LogP contribution < -0.4 is 4.90 Å². The smallest absolute Gasteiger partial charge is 0.326 e. The molecule has 0 spiro atoms. The summed E-state index contributed by atoms with van der Waals surface area (Å²) in [5.41, 5.74) is 0.883. The molecule has 2 heterocycles. The highest BCUT2D eigenvalue weighted by atomic mass is 79.9. The van der Waals surface area contributed by atoms with E-state index in [2.05, 4.69) is 20.9 Å². The van der Waals surface area contributed by atoms with Gasteiger partial charge in [-0.05, 0) is 47.8 Å². The van der Waals surface area contributed by atoms with Crippen LogP contribution in [0.25, 0.3) is 0 Å². The van der Waals surface area contributed by atoms with Crippen molar-refractivity contribution in [1.82, 2.24) is 4.98 Å². The zero-order valence-electron chi connectivity index (χ0n) is 8.98. The van der Waals surface area contributed by atoms with Crippen molar-refractivity contribution in [2.75, 3.05) is 11.4 Å². The SMILES string of the molecule is Cc1nc(N2CCC[C@@H]2C(=O)O)ccc1Br. The first kappa shape index (κ1) is 11.4. The van der Waals surface area contributed by atoms with Crippen LogP contribution in [-0.4, -0.2) is 28.6 Å². The number of hydrogen-bond donors (Lipinski definition) is 1. The predicted octanol–water partition coefficient (Wildman–Crippen LogP) is 2.21. The first-order chi connectivity index (χ1) is 7.59. The minimum absolute atomic E-state index is 0.423. The number of aryl methyl sites for hydroxylation is 1. The molecule has 0 saturated carbocycles. The van der Waals surface area contributed by atoms with E-state index in [9.17, 15) is 4.79 Å². The molecule has 1 atom stereocenters. The van der Waals surface area contributed by atoms with E-state index in [4.69, 9.17) is 5.11 Å². The Bertz CT molecular complexity index is 422. The van der Waals surface area contributed by atoms with Crippen molar-refractivity contribution in [3.05, 3.63) is 22.3 Å². The van der Waals surface area contributed by atoms with Gasteiger partial charge in [0.1, 0.15) is 11.9 Å². The number of pyridine rings is 1. The highest BCUT2D eigenvalue weighted by molar-refractivity contribution is 9.10. The summed E-state index contributed by atoms with van der Waals surface area (Å²) in [7, 11) is 0. The second kappa shape index (κ2) is 4.41. The highest BCUT2D eigenvalue weighted by Gasteiger charge is 2.31. The van der Waals surface area contributed by atoms with Crippen molar-refractivity contribution in [1.29, 1.82) is 0 Å². The first-order valence-corrected chi connectivity index (χ1v) is 6.01. The molecule has 2 rings (SSSR count). The first-order valence-electron chi connectivity index (χ1n) is 5.22. The second-order valence-electron chi connectivity index (χ2n) is 3.93. The zero-order valence-corrected chi connectivity index (χ0v) is 10.6. The largest absolute Gasteiger partial charge is 0.480 e. The van der Waals surface area contributed by atoms with E-state index in [0.29, 0.717) is 6.42 Å². The fourth-order valence-corrected chi connectivity index (χ4v) is 2.21. The van der Waals surface area contributed by atoms with Crippen LogP contribution in [0.3, 0.4) is 0 Å². The predicted molar refractivity (Wildman–Crippen MR) is 64.7 cm³/mol. The summed E-state index contributed by atoms with van der Waals surface area (Å²) in [6, 6.07) is 3.35. The quantitative estimate of drug-likeness (QED) is 0.905. The molecule has 0 bridgehead atoms. The number of carboxylic acid groups (broad SMARTS) is 1. The Labute approximate surface area is 102 Å². The number of carbonyl (C=O) groups is 1. The summed E-state index contributed by atoms with van der Waals surface area (Å²) in [6.45, 7) is 2.67. The molecule has 86 valence electrons. The molecular formula is C11H13BrN2O2. The lowest BCUT2D eigenvalue weighted by molar-refractivity contribution is -0.138. The maximum Gasteiger partial charge on any atom is 0.326 e. The van der Waals surface area contributed by atoms with Gasteiger partial charge in [-0.1, -0.05) is 0 Å². The Morgan fingerprint density at radius 1 is 1.62 bits per heavy atom. The standard InChI is InChI=1S/C11H13BrN2O2/c1-7-8(12)4-5-10(13-7)14-6-2-3-9(14)11(15)16/h4-5,9H,2-3,6H2,1H3,(H,15,16)/t9-/m1/s1. The maximum atomic E-state index is 11.1. The van der Waals surface area contributed by atoms with Crippen LogP contribution >= 0.6 is 15.9 Å². The molecule has 0 radical (unpaired) electrons. The number of rotatable bonds is 2. The van der Waals surface area contributed by atoms with E-state index in [0.717, 1.165) is 29.0 Å². The molecular weight excluding hydrogens is 272 g/mol. The Morgan fingerprint density at radius 3 is 3.00 bits per heavy atom. The average Bonchev–Trinajstić information content (AvgIpc) is 2.71. The Hall–Kier alpha value is -1.10. The third-order valence-electron chi connectivity index (χ3n) is 2.84. The van der Waals surface area contributed by atoms with Crippen molar-refractivity contribution >= 4 is 27.7 Å². The van der Waals surface area contributed by atoms with Crippen molar-refractivity contribution in [2.24, 2.45) is 0 Å². The normalized spacial score (nSPS) is 20.1. The molecule has 0 aromatic carbocycles. The number of aromatic nitrogens is 1. The van der Waals surface area contributed by atoms with Gasteiger partial charge in [0, 0.05) is 11.0 Å². The molecule has 1 saturated heterocycles. The van der Waals surface area contributed by atoms with Gasteiger partial charge < -0.3 is 10.0 Å². The molecule has 1 aliphatic rings. The molecule has 16 heavy (non-hydrogen) atoms. The van der Waals surface area contributed by atoms with Gasteiger partial charge in [0.15, 0.2) is 0 Å². The molecule has 0 aliphatic carbocycles. The molecule has 1 aliphatic heterocycles. The highest BCUT2D eigenvalue weighted by Crippen LogP contribution is 2.26. The molecule has 4 nitrogen and oxygen atoms in total. The van der Waals surface area contributed by atoms with Crippen LogP contribution in [0.1, 0.15) is 18.5 Å². The lowest BCUT2D eigenvalue weighted by Crippen LogP contribution is -2.36. The van der Waals surface area contributed by atoms with Crippen LogP contribution in [0.2, 0.25) is 0 Å². The van der Waals surface area contributed by atoms with Gasteiger partial charge >= 0.3 is 5.97 Å². The topological polar surface area (TPSA) is 53.4 Å². The van der Waals surface area contributed by atoms with E-state index < -0.39 is 12.0 Å². The van der Waals surface area contributed by atoms with E-state index >= 15 is 0 Å². The van der Waals surface area contributed by atoms with Gasteiger partial charge in [0.2, 0.25) is 0 Å². The van der Waals surface area contributed by atoms with Gasteiger partial charge in [0.25, 0.3) is 0 Å². The van der Waals surface area contributed by atoms with Crippen LogP contribution in [0.4, 0.5) is 5.82 Å². The summed E-state index contributed by atoms with van der Waals surface area (Å²) in [5, 5.41) is 9.09. The van der Waals surface area contributed by atoms with E-state index in [1.165, 1.54) is 0 Å². The molecule has 0 amide bonds. The lowest BCUT2D eigenvalue weighted by atomic mass is 10.2. The number of anilines is 1. The van der Waals surface area contributed by atoms with Crippen LogP contribution in [-0.2, 0) is 4.79 Å². The molecule has 1 aromatic heterocycles. The van der Waals surface area contributed by atoms with Crippen molar-refractivity contribution < 1.29 is 9.90 Å². The number of aliphatic carboxylic acids is 1. The molecule has 1 aromatic rings. The lowest BCUT2D eigenvalue weighted by Gasteiger charge is -2.22. The number of halogens is 1. The van der Waals surface area contributed by atoms with Gasteiger partial charge in [-0.15, -0.1) is 0 Å². The minimum Gasteiger partial charge on any atom is -0.480 e. The number of nitrogens with zero attached hydrogens (tertiary/aromatic N) is 2. The second-order valence-corrected chi connectivity index (χ2v) is 4.78. The Kier molecular flexibility index (Phi) is 3.14. The molecule has 1 fully saturated rings. The third kappa shape index (κ3) is 2.04. The summed E-state index contributed by atoms with van der Waals surface area (Å²) in [6.07, 6.45) is 1.61. The summed E-state index contributed by atoms with van der Waals surface area (Å²) >= 11 is 3.38. The number of hydrogen-bond acceptors (Lipinski definition) is 3. The number of carboxylic acids is 1. The molecule has 5 heteroatoms. The van der Waals surface area contributed by atoms with Gasteiger partial charge in [-0.2, -0.15) is 0 Å². The van der Waals surface area contributed by atoms with Crippen LogP contribution in [0.5, 0.6) is 0 Å². The van der Waals surface area contributed by atoms with Crippen LogP contribution in [0.15, 0.2) is 16.6 Å². The summed E-state index contributed by atoms with van der Waals surface area (Å²) < 4.78 is 0.947. The van der Waals surface area contributed by atoms with Crippen molar-refractivity contribution in [3.63, 3.8) is 0 Å². The maximum absolute atomic E-state index is 11.1. The minimum atomic E-state index is -0.764. The fourth-order valence-electron chi connectivity index (χ4n) is 1.99. The Morgan fingerprint density at radius 2 is 2.38 bits per heavy atom. The van der Waals surface area contributed by atoms with E-state index in [-0.39, 0.29) is 0 Å². The van der Waals surface area contributed by atoms with Gasteiger partial charge in [-0.25, -0.2) is 9.78 Å². The summed E-state index contributed by atoms with van der Waals surface area (Å²) in [4.78, 5) is 17.3. The molecule has 0 unspecified atom stereocenters. The van der Waals surface area contributed by atoms with E-state index in [1.54, 1.807) is 0 Å². The zero-order chi connectivity index (χ0) is 11.7. The summed E-state index contributed by atoms with van der Waals surface area (Å²) in [5.74, 6) is -0.00882. The van der Waals surface area contributed by atoms with Gasteiger partial charge in [-0.3, -0.25) is 0 Å².